The van der Waals surface area contributed by atoms with E-state index >= 15 is 0 Å². The van der Waals surface area contributed by atoms with Crippen molar-refractivity contribution in [3.05, 3.63) is 23.8 Å². The highest BCUT2D eigenvalue weighted by Crippen LogP contribution is 2.24. The van der Waals surface area contributed by atoms with E-state index in [1.54, 1.807) is 4.90 Å². The minimum Gasteiger partial charge on any atom is -0.495 e. The maximum absolute atomic E-state index is 12.5. The monoisotopic (exact) mass is 456 g/mol. The molecule has 2 N–H and O–H groups in total. The molecule has 2 rings (SSSR count). The van der Waals surface area contributed by atoms with E-state index in [1.165, 1.54) is 32.4 Å². The van der Waals surface area contributed by atoms with Gasteiger partial charge in [-0.05, 0) is 46.0 Å². The van der Waals surface area contributed by atoms with Gasteiger partial charge in [-0.1, -0.05) is 0 Å². The molecule has 0 unspecified atom stereocenters. The summed E-state index contributed by atoms with van der Waals surface area (Å²) < 4.78 is 37.0. The zero-order valence-electron chi connectivity index (χ0n) is 18.7. The fourth-order valence-corrected chi connectivity index (χ4v) is 3.97. The summed E-state index contributed by atoms with van der Waals surface area (Å²) in [6.45, 7) is 9.01. The summed E-state index contributed by atoms with van der Waals surface area (Å²) in [6.07, 6.45) is -0.313. The highest BCUT2D eigenvalue weighted by molar-refractivity contribution is 7.89. The minimum absolute atomic E-state index is 0.0941. The van der Waals surface area contributed by atoms with E-state index < -0.39 is 15.6 Å². The first-order valence-corrected chi connectivity index (χ1v) is 11.5. The Morgan fingerprint density at radius 1 is 1.13 bits per heavy atom. The quantitative estimate of drug-likeness (QED) is 0.626. The van der Waals surface area contributed by atoms with Crippen molar-refractivity contribution in [2.45, 2.75) is 31.3 Å². The molecule has 1 aliphatic heterocycles. The molecule has 10 nitrogen and oxygen atoms in total. The van der Waals surface area contributed by atoms with Gasteiger partial charge in [0.2, 0.25) is 10.0 Å². The molecule has 1 fully saturated rings. The number of nitrogens with zero attached hydrogens (tertiary/aromatic N) is 2. The van der Waals surface area contributed by atoms with Crippen LogP contribution in [0.5, 0.6) is 5.75 Å². The molecule has 31 heavy (non-hydrogen) atoms. The van der Waals surface area contributed by atoms with Gasteiger partial charge in [0, 0.05) is 44.8 Å². The van der Waals surface area contributed by atoms with Crippen molar-refractivity contribution in [3.63, 3.8) is 0 Å². The Balaban J connectivity index is 1.85. The van der Waals surface area contributed by atoms with Gasteiger partial charge in [0.1, 0.15) is 16.2 Å². The Kier molecular flexibility index (Phi) is 8.27. The highest BCUT2D eigenvalue weighted by Gasteiger charge is 2.26. The van der Waals surface area contributed by atoms with Crippen molar-refractivity contribution in [3.8, 4) is 5.75 Å². The van der Waals surface area contributed by atoms with Gasteiger partial charge in [-0.25, -0.2) is 17.9 Å². The summed E-state index contributed by atoms with van der Waals surface area (Å²) in [5, 5.41) is 2.80. The van der Waals surface area contributed by atoms with Crippen LogP contribution in [0.25, 0.3) is 0 Å². The Labute approximate surface area is 183 Å². The van der Waals surface area contributed by atoms with Crippen LogP contribution < -0.4 is 14.8 Å². The number of amides is 2. The molecule has 174 valence electrons. The summed E-state index contributed by atoms with van der Waals surface area (Å²) in [5.41, 5.74) is -0.295. The lowest BCUT2D eigenvalue weighted by Crippen LogP contribution is -2.51. The van der Waals surface area contributed by atoms with Gasteiger partial charge in [0.15, 0.2) is 0 Å². The van der Waals surface area contributed by atoms with Gasteiger partial charge in [0.05, 0.1) is 7.11 Å². The zero-order valence-corrected chi connectivity index (χ0v) is 19.5. The average molecular weight is 457 g/mol. The molecule has 1 heterocycles. The highest BCUT2D eigenvalue weighted by atomic mass is 32.2. The van der Waals surface area contributed by atoms with Gasteiger partial charge in [-0.15, -0.1) is 0 Å². The Hall–Kier alpha value is -2.37. The third kappa shape index (κ3) is 7.08. The largest absolute Gasteiger partial charge is 0.495 e. The van der Waals surface area contributed by atoms with Crippen LogP contribution in [0.1, 0.15) is 31.1 Å². The number of benzene rings is 1. The molecule has 0 aliphatic carbocycles. The summed E-state index contributed by atoms with van der Waals surface area (Å²) >= 11 is 0. The zero-order chi connectivity index (χ0) is 23.2. The second-order valence-corrected chi connectivity index (χ2v) is 9.99. The molecule has 0 saturated carbocycles. The number of piperazine rings is 1. The molecule has 1 saturated heterocycles. The van der Waals surface area contributed by atoms with E-state index in [2.05, 4.69) is 14.9 Å². The minimum atomic E-state index is -3.76. The molecule has 2 amide bonds. The average Bonchev–Trinajstić information content (AvgIpc) is 2.72. The predicted octanol–water partition coefficient (Wildman–Crippen LogP) is 0.886. The maximum atomic E-state index is 12.5. The second kappa shape index (κ2) is 10.3. The molecule has 1 aromatic rings. The Morgan fingerprint density at radius 2 is 1.77 bits per heavy atom. The number of hydrogen-bond donors (Lipinski definition) is 2. The molecule has 1 aliphatic rings. The standard InChI is InChI=1S/C20H32N4O6S/c1-20(2,3)30-19(26)24-12-10-23(11-13-24)9-8-22-18(25)15-6-7-16(29-5)17(14-15)31(27,28)21-4/h6-7,14,21H,8-13H2,1-5H3,(H,22,25). The van der Waals surface area contributed by atoms with Gasteiger partial charge < -0.3 is 19.7 Å². The van der Waals surface area contributed by atoms with E-state index in [1.807, 2.05) is 20.8 Å². The van der Waals surface area contributed by atoms with Crippen LogP contribution in [0.15, 0.2) is 23.1 Å². The third-order valence-corrected chi connectivity index (χ3v) is 6.16. The Bertz CT molecular complexity index is 889. The van der Waals surface area contributed by atoms with Gasteiger partial charge >= 0.3 is 6.09 Å². The normalized spacial score (nSPS) is 15.5. The van der Waals surface area contributed by atoms with Crippen molar-refractivity contribution < 1.29 is 27.5 Å². The number of nitrogens with one attached hydrogen (secondary N) is 2. The lowest BCUT2D eigenvalue weighted by molar-refractivity contribution is 0.0147. The summed E-state index contributed by atoms with van der Waals surface area (Å²) in [5.74, 6) is -0.212. The van der Waals surface area contributed by atoms with Crippen LogP contribution in [0.2, 0.25) is 0 Å². The summed E-state index contributed by atoms with van der Waals surface area (Å²) in [7, 11) is -1.10. The van der Waals surface area contributed by atoms with Gasteiger partial charge in [0.25, 0.3) is 5.91 Å². The van der Waals surface area contributed by atoms with Crippen LogP contribution >= 0.6 is 0 Å². The van der Waals surface area contributed by atoms with Crippen molar-refractivity contribution >= 4 is 22.0 Å². The first-order valence-electron chi connectivity index (χ1n) is 10.1. The van der Waals surface area contributed by atoms with E-state index in [4.69, 9.17) is 9.47 Å². The van der Waals surface area contributed by atoms with Crippen molar-refractivity contribution in [2.24, 2.45) is 0 Å². The van der Waals surface area contributed by atoms with Crippen LogP contribution in [0.4, 0.5) is 4.79 Å². The van der Waals surface area contributed by atoms with Crippen molar-refractivity contribution in [2.75, 3.05) is 53.4 Å². The summed E-state index contributed by atoms with van der Waals surface area (Å²) in [6, 6.07) is 4.26. The number of rotatable bonds is 7. The molecular formula is C20H32N4O6S. The predicted molar refractivity (Wildman–Crippen MR) is 116 cm³/mol. The van der Waals surface area contributed by atoms with Gasteiger partial charge in [-0.2, -0.15) is 0 Å². The van der Waals surface area contributed by atoms with E-state index in [-0.39, 0.29) is 28.2 Å². The Morgan fingerprint density at radius 3 is 2.32 bits per heavy atom. The first-order chi connectivity index (χ1) is 14.5. The van der Waals surface area contributed by atoms with E-state index in [0.717, 1.165) is 0 Å². The molecule has 0 spiro atoms. The number of hydrogen-bond acceptors (Lipinski definition) is 7. The van der Waals surface area contributed by atoms with Crippen LogP contribution in [-0.4, -0.2) is 89.2 Å². The molecule has 0 radical (unpaired) electrons. The lowest BCUT2D eigenvalue weighted by Gasteiger charge is -2.35. The topological polar surface area (TPSA) is 117 Å². The van der Waals surface area contributed by atoms with Crippen LogP contribution in [0, 0.1) is 0 Å². The van der Waals surface area contributed by atoms with Gasteiger partial charge in [-0.3, -0.25) is 9.69 Å². The molecule has 1 aromatic carbocycles. The van der Waals surface area contributed by atoms with Crippen molar-refractivity contribution in [1.29, 1.82) is 0 Å². The molecule has 11 heteroatoms. The number of methoxy groups -OCH3 is 1. The number of sulfonamides is 1. The number of carbonyl (C=O) groups excluding carboxylic acids is 2. The number of ether oxygens (including phenoxy) is 2. The number of carbonyl (C=O) groups is 2. The van der Waals surface area contributed by atoms with Crippen molar-refractivity contribution in [1.82, 2.24) is 19.8 Å². The third-order valence-electron chi connectivity index (χ3n) is 4.72. The molecule has 0 bridgehead atoms. The summed E-state index contributed by atoms with van der Waals surface area (Å²) in [4.78, 5) is 28.3. The van der Waals surface area contributed by atoms with E-state index in [0.29, 0.717) is 39.3 Å². The smallest absolute Gasteiger partial charge is 0.410 e. The second-order valence-electron chi connectivity index (χ2n) is 8.14. The molecule has 0 aromatic heterocycles. The fourth-order valence-electron chi connectivity index (χ4n) is 3.05. The lowest BCUT2D eigenvalue weighted by atomic mass is 10.2. The first kappa shape index (κ1) is 24.9. The SMILES string of the molecule is CNS(=O)(=O)c1cc(C(=O)NCCN2CCN(C(=O)OC(C)(C)C)CC2)ccc1OC. The maximum Gasteiger partial charge on any atom is 0.410 e. The van der Waals surface area contributed by atoms with Crippen LogP contribution in [-0.2, 0) is 14.8 Å². The fraction of sp³-hybridized carbons (Fsp3) is 0.600. The molecule has 0 atom stereocenters. The van der Waals surface area contributed by atoms with E-state index in [9.17, 15) is 18.0 Å². The van der Waals surface area contributed by atoms with Crippen LogP contribution in [0.3, 0.4) is 0 Å². The molecular weight excluding hydrogens is 424 g/mol.